The molecule has 10 rings (SSSR count). The minimum Gasteiger partial charge on any atom is -0.456 e. The molecule has 0 atom stereocenters. The largest absolute Gasteiger partial charge is 0.456 e. The van der Waals surface area contributed by atoms with Gasteiger partial charge < -0.3 is 4.42 Å². The zero-order valence-corrected chi connectivity index (χ0v) is 26.7. The lowest BCUT2D eigenvalue weighted by molar-refractivity contribution is 0.669. The van der Waals surface area contributed by atoms with E-state index < -0.39 is 0 Å². The van der Waals surface area contributed by atoms with Crippen molar-refractivity contribution in [1.82, 2.24) is 0 Å². The minimum absolute atomic E-state index is 0.907. The van der Waals surface area contributed by atoms with Crippen molar-refractivity contribution >= 4 is 54.3 Å². The van der Waals surface area contributed by atoms with E-state index in [1.807, 2.05) is 12.1 Å². The zero-order chi connectivity index (χ0) is 32.3. The van der Waals surface area contributed by atoms with Gasteiger partial charge in [-0.05, 0) is 107 Å². The Balaban J connectivity index is 1.34. The van der Waals surface area contributed by atoms with Gasteiger partial charge in [-0.25, -0.2) is 0 Å². The Hall–Kier alpha value is -6.44. The van der Waals surface area contributed by atoms with Gasteiger partial charge in [0, 0.05) is 10.8 Å². The Bertz CT molecular complexity index is 2800. The summed E-state index contributed by atoms with van der Waals surface area (Å²) in [6.45, 7) is 0. The molecule has 0 radical (unpaired) electrons. The first kappa shape index (κ1) is 27.7. The fraction of sp³-hybridized carbons (Fsp3) is 0. The van der Waals surface area contributed by atoms with Crippen LogP contribution in [-0.2, 0) is 0 Å². The van der Waals surface area contributed by atoms with Crippen LogP contribution in [0.1, 0.15) is 0 Å². The summed E-state index contributed by atoms with van der Waals surface area (Å²) < 4.78 is 6.39. The van der Waals surface area contributed by atoms with E-state index in [-0.39, 0.29) is 0 Å². The van der Waals surface area contributed by atoms with E-state index in [0.717, 1.165) is 27.5 Å². The summed E-state index contributed by atoms with van der Waals surface area (Å²) in [5.74, 6) is 0. The fourth-order valence-corrected chi connectivity index (χ4v) is 7.89. The third-order valence-corrected chi connectivity index (χ3v) is 10.0. The molecule has 0 aliphatic carbocycles. The molecule has 0 unspecified atom stereocenters. The van der Waals surface area contributed by atoms with Crippen molar-refractivity contribution in [2.24, 2.45) is 0 Å². The van der Waals surface area contributed by atoms with E-state index in [4.69, 9.17) is 4.42 Å². The molecule has 9 aromatic carbocycles. The Morgan fingerprint density at radius 3 is 1.55 bits per heavy atom. The smallest absolute Gasteiger partial charge is 0.136 e. The molecule has 0 saturated heterocycles. The van der Waals surface area contributed by atoms with Crippen LogP contribution in [0.5, 0.6) is 0 Å². The summed E-state index contributed by atoms with van der Waals surface area (Å²) >= 11 is 0. The zero-order valence-electron chi connectivity index (χ0n) is 26.7. The molecule has 228 valence electrons. The number of hydrogen-bond acceptors (Lipinski definition) is 1. The number of furan rings is 1. The normalized spacial score (nSPS) is 11.7. The van der Waals surface area contributed by atoms with Gasteiger partial charge in [-0.1, -0.05) is 152 Å². The van der Waals surface area contributed by atoms with Crippen LogP contribution in [-0.4, -0.2) is 0 Å². The Labute approximate surface area is 284 Å². The van der Waals surface area contributed by atoms with Crippen LogP contribution in [0.25, 0.3) is 98.8 Å². The molecule has 0 aliphatic heterocycles. The minimum atomic E-state index is 0.907. The highest BCUT2D eigenvalue weighted by Gasteiger charge is 2.21. The van der Waals surface area contributed by atoms with Crippen LogP contribution in [0, 0.1) is 0 Å². The quantitative estimate of drug-likeness (QED) is 0.178. The van der Waals surface area contributed by atoms with Gasteiger partial charge in [0.25, 0.3) is 0 Å². The van der Waals surface area contributed by atoms with Crippen LogP contribution < -0.4 is 0 Å². The second-order valence-electron chi connectivity index (χ2n) is 12.8. The summed E-state index contributed by atoms with van der Waals surface area (Å²) in [5, 5.41) is 9.69. The molecule has 0 fully saturated rings. The predicted octanol–water partition coefficient (Wildman–Crippen LogP) is 13.7. The van der Waals surface area contributed by atoms with Crippen molar-refractivity contribution in [3.63, 3.8) is 0 Å². The van der Waals surface area contributed by atoms with Gasteiger partial charge in [0.2, 0.25) is 0 Å². The standard InChI is InChI=1S/C48H30O/c1-3-14-31(15-4-1)35-28-33-18-13-24-36(32-16-5-2-6-17-32)46(33)43(29-35)48-41-22-9-7-20-39(41)47(40-21-8-10-23-42(40)48)34-26-27-38-37-19-11-12-25-44(37)49-45(38)30-34/h1-30H. The van der Waals surface area contributed by atoms with Gasteiger partial charge in [0.15, 0.2) is 0 Å². The molecule has 10 aromatic rings. The highest BCUT2D eigenvalue weighted by Crippen LogP contribution is 2.48. The maximum absolute atomic E-state index is 6.39. The van der Waals surface area contributed by atoms with Gasteiger partial charge in [0.05, 0.1) is 0 Å². The predicted molar refractivity (Wildman–Crippen MR) is 208 cm³/mol. The molecule has 0 bridgehead atoms. The summed E-state index contributed by atoms with van der Waals surface area (Å²) in [5.41, 5.74) is 11.6. The molecule has 1 aromatic heterocycles. The topological polar surface area (TPSA) is 13.1 Å². The highest BCUT2D eigenvalue weighted by atomic mass is 16.3. The van der Waals surface area contributed by atoms with Gasteiger partial charge in [0.1, 0.15) is 11.2 Å². The molecular weight excluding hydrogens is 593 g/mol. The average Bonchev–Trinajstić information content (AvgIpc) is 3.55. The Morgan fingerprint density at radius 1 is 0.286 bits per heavy atom. The summed E-state index contributed by atoms with van der Waals surface area (Å²) in [6, 6.07) is 65.9. The number of para-hydroxylation sites is 1. The summed E-state index contributed by atoms with van der Waals surface area (Å²) in [4.78, 5) is 0. The first-order chi connectivity index (χ1) is 24.3. The van der Waals surface area contributed by atoms with Crippen molar-refractivity contribution in [2.45, 2.75) is 0 Å². The van der Waals surface area contributed by atoms with Gasteiger partial charge in [-0.15, -0.1) is 0 Å². The third-order valence-electron chi connectivity index (χ3n) is 10.0. The fourth-order valence-electron chi connectivity index (χ4n) is 7.89. The van der Waals surface area contributed by atoms with Crippen LogP contribution in [0.15, 0.2) is 186 Å². The van der Waals surface area contributed by atoms with Crippen molar-refractivity contribution in [3.05, 3.63) is 182 Å². The van der Waals surface area contributed by atoms with Crippen molar-refractivity contribution in [2.75, 3.05) is 0 Å². The van der Waals surface area contributed by atoms with E-state index >= 15 is 0 Å². The van der Waals surface area contributed by atoms with Crippen molar-refractivity contribution in [1.29, 1.82) is 0 Å². The second-order valence-corrected chi connectivity index (χ2v) is 12.8. The van der Waals surface area contributed by atoms with Crippen LogP contribution in [0.4, 0.5) is 0 Å². The molecule has 0 saturated carbocycles. The summed E-state index contributed by atoms with van der Waals surface area (Å²) in [7, 11) is 0. The van der Waals surface area contributed by atoms with Crippen LogP contribution >= 0.6 is 0 Å². The lowest BCUT2D eigenvalue weighted by Gasteiger charge is -2.21. The lowest BCUT2D eigenvalue weighted by Crippen LogP contribution is -1.94. The van der Waals surface area contributed by atoms with Gasteiger partial charge >= 0.3 is 0 Å². The maximum atomic E-state index is 6.39. The number of rotatable bonds is 4. The highest BCUT2D eigenvalue weighted by molar-refractivity contribution is 6.25. The molecule has 0 aliphatic rings. The van der Waals surface area contributed by atoms with Crippen molar-refractivity contribution < 1.29 is 4.42 Å². The van der Waals surface area contributed by atoms with Crippen LogP contribution in [0.3, 0.4) is 0 Å². The molecule has 0 N–H and O–H groups in total. The average molecular weight is 623 g/mol. The molecule has 1 nitrogen and oxygen atoms in total. The summed E-state index contributed by atoms with van der Waals surface area (Å²) in [6.07, 6.45) is 0. The maximum Gasteiger partial charge on any atom is 0.136 e. The van der Waals surface area contributed by atoms with Gasteiger partial charge in [-0.3, -0.25) is 0 Å². The second kappa shape index (κ2) is 11.1. The molecule has 1 heteroatoms. The molecule has 49 heavy (non-hydrogen) atoms. The van der Waals surface area contributed by atoms with E-state index in [0.29, 0.717) is 0 Å². The Kier molecular flexibility index (Phi) is 6.25. The third kappa shape index (κ3) is 4.40. The van der Waals surface area contributed by atoms with Gasteiger partial charge in [-0.2, -0.15) is 0 Å². The monoisotopic (exact) mass is 622 g/mol. The molecular formula is C48H30O. The number of fused-ring (bicyclic) bond motifs is 6. The SMILES string of the molecule is c1ccc(-c2cc(-c3c4ccccc4c(-c4ccc5c(c4)oc4ccccc45)c4ccccc34)c3c(-c4ccccc4)cccc3c2)cc1. The molecule has 0 amide bonds. The van der Waals surface area contributed by atoms with E-state index in [1.54, 1.807) is 0 Å². The first-order valence-electron chi connectivity index (χ1n) is 16.8. The van der Waals surface area contributed by atoms with E-state index in [9.17, 15) is 0 Å². The van der Waals surface area contributed by atoms with E-state index in [1.165, 1.54) is 71.3 Å². The van der Waals surface area contributed by atoms with E-state index in [2.05, 4.69) is 170 Å². The number of hydrogen-bond donors (Lipinski definition) is 0. The Morgan fingerprint density at radius 2 is 0.857 bits per heavy atom. The molecule has 1 heterocycles. The van der Waals surface area contributed by atoms with Crippen LogP contribution in [0.2, 0.25) is 0 Å². The lowest BCUT2D eigenvalue weighted by atomic mass is 9.82. The molecule has 0 spiro atoms. The first-order valence-corrected chi connectivity index (χ1v) is 16.8. The van der Waals surface area contributed by atoms with Crippen molar-refractivity contribution in [3.8, 4) is 44.5 Å². The number of benzene rings is 9.